The second kappa shape index (κ2) is 11.1. The fourth-order valence-corrected chi connectivity index (χ4v) is 4.40. The lowest BCUT2D eigenvalue weighted by Crippen LogP contribution is -2.36. The Morgan fingerprint density at radius 3 is 2.27 bits per heavy atom. The highest BCUT2D eigenvalue weighted by molar-refractivity contribution is 6.04. The summed E-state index contributed by atoms with van der Waals surface area (Å²) < 4.78 is 11.1. The quantitative estimate of drug-likeness (QED) is 0.570. The van der Waals surface area contributed by atoms with Gasteiger partial charge in [0.2, 0.25) is 0 Å². The summed E-state index contributed by atoms with van der Waals surface area (Å²) >= 11 is 0. The molecule has 0 aliphatic heterocycles. The number of rotatable bonds is 7. The van der Waals surface area contributed by atoms with Gasteiger partial charge in [0.25, 0.3) is 5.91 Å². The van der Waals surface area contributed by atoms with Gasteiger partial charge >= 0.3 is 11.9 Å². The van der Waals surface area contributed by atoms with Crippen LogP contribution in [0.3, 0.4) is 0 Å². The van der Waals surface area contributed by atoms with E-state index in [1.54, 1.807) is 24.3 Å². The molecular weight excluding hydrogens is 418 g/mol. The molecule has 3 rings (SSSR count). The van der Waals surface area contributed by atoms with Crippen molar-refractivity contribution in [2.45, 2.75) is 53.1 Å². The van der Waals surface area contributed by atoms with E-state index in [0.29, 0.717) is 23.4 Å². The average molecular weight is 452 g/mol. The Labute approximate surface area is 195 Å². The summed E-state index contributed by atoms with van der Waals surface area (Å²) in [7, 11) is 0. The lowest BCUT2D eigenvalue weighted by atomic mass is 9.75. The Hall–Kier alpha value is -3.15. The molecule has 176 valence electrons. The maximum absolute atomic E-state index is 13.0. The van der Waals surface area contributed by atoms with Crippen LogP contribution in [-0.4, -0.2) is 30.6 Å². The lowest BCUT2D eigenvalue weighted by Gasteiger charge is -2.36. The monoisotopic (exact) mass is 451 g/mol. The molecule has 6 heteroatoms. The molecule has 0 unspecified atom stereocenters. The Morgan fingerprint density at radius 1 is 0.970 bits per heavy atom. The van der Waals surface area contributed by atoms with Crippen LogP contribution in [0.4, 0.5) is 5.69 Å². The molecule has 1 N–H and O–H groups in total. The van der Waals surface area contributed by atoms with E-state index in [1.165, 1.54) is 6.07 Å². The van der Waals surface area contributed by atoms with Crippen molar-refractivity contribution in [3.63, 3.8) is 0 Å². The molecule has 1 fully saturated rings. The first kappa shape index (κ1) is 24.5. The first-order valence-electron chi connectivity index (χ1n) is 11.6. The molecule has 6 nitrogen and oxygen atoms in total. The van der Waals surface area contributed by atoms with Gasteiger partial charge in [-0.1, -0.05) is 57.5 Å². The molecule has 0 bridgehead atoms. The number of carbonyl (C=O) groups is 3. The number of hydrogen-bond donors (Lipinski definition) is 1. The van der Waals surface area contributed by atoms with Crippen molar-refractivity contribution < 1.29 is 23.9 Å². The lowest BCUT2D eigenvalue weighted by molar-refractivity contribution is -0.119. The molecule has 0 radical (unpaired) electrons. The SMILES string of the molecule is Cc1ccccc1NC(=O)COC(=O)c1ccccc1C(=O)O[C@@H]1C[C@H](C)CC[C@@H]1C(C)C. The van der Waals surface area contributed by atoms with Gasteiger partial charge in [-0.3, -0.25) is 4.79 Å². The topological polar surface area (TPSA) is 81.7 Å². The van der Waals surface area contributed by atoms with Gasteiger partial charge in [-0.15, -0.1) is 0 Å². The Bertz CT molecular complexity index is 1000. The van der Waals surface area contributed by atoms with Crippen molar-refractivity contribution in [1.29, 1.82) is 0 Å². The summed E-state index contributed by atoms with van der Waals surface area (Å²) in [6.45, 7) is 7.89. The fourth-order valence-electron chi connectivity index (χ4n) is 4.40. The zero-order valence-corrected chi connectivity index (χ0v) is 19.8. The molecule has 0 spiro atoms. The van der Waals surface area contributed by atoms with Gasteiger partial charge in [0.1, 0.15) is 6.10 Å². The van der Waals surface area contributed by atoms with Gasteiger partial charge in [-0.2, -0.15) is 0 Å². The third-order valence-corrected chi connectivity index (χ3v) is 6.34. The Kier molecular flexibility index (Phi) is 8.26. The third-order valence-electron chi connectivity index (χ3n) is 6.34. The van der Waals surface area contributed by atoms with Crippen molar-refractivity contribution >= 4 is 23.5 Å². The third kappa shape index (κ3) is 6.44. The summed E-state index contributed by atoms with van der Waals surface area (Å²) in [4.78, 5) is 38.0. The number of nitrogens with one attached hydrogen (secondary N) is 1. The minimum atomic E-state index is -0.736. The molecule has 33 heavy (non-hydrogen) atoms. The van der Waals surface area contributed by atoms with Crippen LogP contribution in [0.25, 0.3) is 0 Å². The van der Waals surface area contributed by atoms with Crippen molar-refractivity contribution in [1.82, 2.24) is 0 Å². The Morgan fingerprint density at radius 2 is 1.61 bits per heavy atom. The average Bonchev–Trinajstić information content (AvgIpc) is 2.79. The van der Waals surface area contributed by atoms with E-state index in [-0.39, 0.29) is 17.2 Å². The molecule has 1 amide bonds. The molecule has 2 aromatic carbocycles. The minimum absolute atomic E-state index is 0.0937. The first-order chi connectivity index (χ1) is 15.8. The summed E-state index contributed by atoms with van der Waals surface area (Å²) in [5.74, 6) is -0.522. The van der Waals surface area contributed by atoms with E-state index in [1.807, 2.05) is 25.1 Å². The number of benzene rings is 2. The summed E-state index contributed by atoms with van der Waals surface area (Å²) in [6.07, 6.45) is 2.80. The maximum Gasteiger partial charge on any atom is 0.339 e. The standard InChI is InChI=1S/C27H33NO5/c1-17(2)20-14-13-18(3)15-24(20)33-27(31)22-11-7-6-10-21(22)26(30)32-16-25(29)28-23-12-8-5-9-19(23)4/h5-12,17-18,20,24H,13-16H2,1-4H3,(H,28,29)/t18-,20-,24-/m1/s1. The van der Waals surface area contributed by atoms with E-state index < -0.39 is 24.5 Å². The van der Waals surface area contributed by atoms with Gasteiger partial charge in [0, 0.05) is 5.69 Å². The highest BCUT2D eigenvalue weighted by atomic mass is 16.5. The molecule has 0 heterocycles. The predicted molar refractivity (Wildman–Crippen MR) is 127 cm³/mol. The largest absolute Gasteiger partial charge is 0.458 e. The van der Waals surface area contributed by atoms with Crippen LogP contribution < -0.4 is 5.32 Å². The van der Waals surface area contributed by atoms with Gasteiger partial charge in [-0.05, 0) is 61.3 Å². The van der Waals surface area contributed by atoms with Gasteiger partial charge < -0.3 is 14.8 Å². The van der Waals surface area contributed by atoms with Crippen LogP contribution in [0.1, 0.15) is 66.3 Å². The van der Waals surface area contributed by atoms with Crippen molar-refractivity contribution in [2.24, 2.45) is 17.8 Å². The van der Waals surface area contributed by atoms with Crippen LogP contribution in [-0.2, 0) is 14.3 Å². The summed E-state index contributed by atoms with van der Waals surface area (Å²) in [5, 5.41) is 2.72. The van der Waals surface area contributed by atoms with E-state index in [0.717, 1.165) is 24.8 Å². The highest BCUT2D eigenvalue weighted by Gasteiger charge is 2.34. The van der Waals surface area contributed by atoms with Crippen LogP contribution >= 0.6 is 0 Å². The second-order valence-corrected chi connectivity index (χ2v) is 9.25. The molecule has 1 aliphatic carbocycles. The first-order valence-corrected chi connectivity index (χ1v) is 11.6. The van der Waals surface area contributed by atoms with Crippen LogP contribution in [0.5, 0.6) is 0 Å². The zero-order chi connectivity index (χ0) is 24.0. The highest BCUT2D eigenvalue weighted by Crippen LogP contribution is 2.35. The number of para-hydroxylation sites is 1. The van der Waals surface area contributed by atoms with Crippen molar-refractivity contribution in [3.8, 4) is 0 Å². The molecule has 3 atom stereocenters. The van der Waals surface area contributed by atoms with E-state index >= 15 is 0 Å². The smallest absolute Gasteiger partial charge is 0.339 e. The molecule has 0 aromatic heterocycles. The van der Waals surface area contributed by atoms with Gasteiger partial charge in [-0.25, -0.2) is 9.59 Å². The van der Waals surface area contributed by atoms with Crippen LogP contribution in [0.2, 0.25) is 0 Å². The summed E-state index contributed by atoms with van der Waals surface area (Å²) in [5.41, 5.74) is 1.81. The molecular formula is C27H33NO5. The van der Waals surface area contributed by atoms with Crippen molar-refractivity contribution in [3.05, 3.63) is 65.2 Å². The van der Waals surface area contributed by atoms with E-state index in [4.69, 9.17) is 9.47 Å². The summed E-state index contributed by atoms with van der Waals surface area (Å²) in [6, 6.07) is 13.7. The number of esters is 2. The van der Waals surface area contributed by atoms with Crippen molar-refractivity contribution in [2.75, 3.05) is 11.9 Å². The molecule has 1 saturated carbocycles. The minimum Gasteiger partial charge on any atom is -0.458 e. The number of ether oxygens (including phenoxy) is 2. The van der Waals surface area contributed by atoms with E-state index in [2.05, 4.69) is 26.1 Å². The number of carbonyl (C=O) groups excluding carboxylic acids is 3. The normalized spacial score (nSPS) is 20.2. The van der Waals surface area contributed by atoms with Gasteiger partial charge in [0.15, 0.2) is 6.61 Å². The number of hydrogen-bond acceptors (Lipinski definition) is 5. The number of anilines is 1. The van der Waals surface area contributed by atoms with Crippen LogP contribution in [0, 0.1) is 24.7 Å². The Balaban J connectivity index is 1.65. The second-order valence-electron chi connectivity index (χ2n) is 9.25. The predicted octanol–water partition coefficient (Wildman–Crippen LogP) is 5.41. The fraction of sp³-hybridized carbons (Fsp3) is 0.444. The molecule has 1 aliphatic rings. The molecule has 0 saturated heterocycles. The van der Waals surface area contributed by atoms with Gasteiger partial charge in [0.05, 0.1) is 11.1 Å². The number of aryl methyl sites for hydroxylation is 1. The zero-order valence-electron chi connectivity index (χ0n) is 19.8. The number of amides is 1. The van der Waals surface area contributed by atoms with Crippen LogP contribution in [0.15, 0.2) is 48.5 Å². The van der Waals surface area contributed by atoms with E-state index in [9.17, 15) is 14.4 Å². The maximum atomic E-state index is 13.0. The molecule has 2 aromatic rings.